The fourth-order valence-corrected chi connectivity index (χ4v) is 5.31. The number of carbonyl (C=O) groups is 2. The fraction of sp³-hybridized carbons (Fsp3) is 0.500. The van der Waals surface area contributed by atoms with Crippen molar-refractivity contribution in [2.45, 2.75) is 44.6 Å². The molecule has 1 saturated heterocycles. The van der Waals surface area contributed by atoms with Gasteiger partial charge < -0.3 is 9.64 Å². The number of piperidine rings is 1. The average molecular weight is 375 g/mol. The molecule has 138 valence electrons. The lowest BCUT2D eigenvalue weighted by atomic mass is 9.78. The van der Waals surface area contributed by atoms with E-state index in [9.17, 15) is 14.0 Å². The molecule has 0 N–H and O–H groups in total. The van der Waals surface area contributed by atoms with Crippen molar-refractivity contribution in [3.05, 3.63) is 35.0 Å². The first-order chi connectivity index (χ1) is 12.6. The van der Waals surface area contributed by atoms with Gasteiger partial charge in [-0.15, -0.1) is 11.3 Å². The van der Waals surface area contributed by atoms with E-state index in [-0.39, 0.29) is 18.3 Å². The number of likely N-dealkylation sites (tertiary alicyclic amines) is 1. The molecule has 0 unspecified atom stereocenters. The molecule has 2 fully saturated rings. The van der Waals surface area contributed by atoms with Crippen LogP contribution in [0.4, 0.5) is 4.39 Å². The first-order valence-electron chi connectivity index (χ1n) is 9.28. The number of thiophene rings is 1. The van der Waals surface area contributed by atoms with Gasteiger partial charge in [0.2, 0.25) is 0 Å². The summed E-state index contributed by atoms with van der Waals surface area (Å²) < 4.78 is 19.7. The van der Waals surface area contributed by atoms with E-state index < -0.39 is 5.97 Å². The largest absolute Gasteiger partial charge is 0.451 e. The predicted molar refractivity (Wildman–Crippen MR) is 98.8 cm³/mol. The molecule has 1 aliphatic heterocycles. The van der Waals surface area contributed by atoms with Gasteiger partial charge in [0.1, 0.15) is 10.7 Å². The van der Waals surface area contributed by atoms with Crippen molar-refractivity contribution in [3.63, 3.8) is 0 Å². The van der Waals surface area contributed by atoms with Crippen LogP contribution in [0.5, 0.6) is 0 Å². The number of hydrogen-bond acceptors (Lipinski definition) is 4. The van der Waals surface area contributed by atoms with Gasteiger partial charge in [-0.05, 0) is 49.8 Å². The van der Waals surface area contributed by atoms with E-state index in [1.54, 1.807) is 12.1 Å². The van der Waals surface area contributed by atoms with Gasteiger partial charge in [-0.2, -0.15) is 0 Å². The van der Waals surface area contributed by atoms with Crippen LogP contribution in [0.1, 0.15) is 48.2 Å². The minimum atomic E-state index is -0.559. The van der Waals surface area contributed by atoms with Crippen molar-refractivity contribution < 1.29 is 18.7 Å². The second-order valence-corrected chi connectivity index (χ2v) is 8.26. The quantitative estimate of drug-likeness (QED) is 0.748. The predicted octanol–water partition coefficient (Wildman–Crippen LogP) is 4.38. The van der Waals surface area contributed by atoms with E-state index in [4.69, 9.17) is 4.74 Å². The van der Waals surface area contributed by atoms with Crippen LogP contribution in [0.15, 0.2) is 24.3 Å². The van der Waals surface area contributed by atoms with Crippen molar-refractivity contribution in [1.82, 2.24) is 4.90 Å². The van der Waals surface area contributed by atoms with E-state index in [1.807, 2.05) is 4.90 Å². The van der Waals surface area contributed by atoms with Crippen molar-refractivity contribution in [2.75, 3.05) is 13.2 Å². The first kappa shape index (κ1) is 17.5. The molecule has 0 radical (unpaired) electrons. The van der Waals surface area contributed by atoms with Crippen molar-refractivity contribution in [1.29, 1.82) is 0 Å². The molecule has 2 heterocycles. The molecule has 0 spiro atoms. The first-order valence-corrected chi connectivity index (χ1v) is 10.1. The topological polar surface area (TPSA) is 46.6 Å². The van der Waals surface area contributed by atoms with Gasteiger partial charge in [-0.1, -0.05) is 18.9 Å². The molecule has 1 amide bonds. The number of halogens is 1. The van der Waals surface area contributed by atoms with Gasteiger partial charge in [-0.3, -0.25) is 4.79 Å². The Bertz CT molecular complexity index is 832. The smallest absolute Gasteiger partial charge is 0.348 e. The maximum Gasteiger partial charge on any atom is 0.348 e. The summed E-state index contributed by atoms with van der Waals surface area (Å²) in [4.78, 5) is 27.1. The third kappa shape index (κ3) is 3.34. The molecule has 1 aromatic heterocycles. The molecule has 2 atom stereocenters. The highest BCUT2D eigenvalue weighted by Crippen LogP contribution is 2.35. The normalized spacial score (nSPS) is 22.9. The van der Waals surface area contributed by atoms with Crippen molar-refractivity contribution in [3.8, 4) is 0 Å². The molecule has 1 saturated carbocycles. The number of rotatable bonds is 3. The summed E-state index contributed by atoms with van der Waals surface area (Å²) in [6, 6.07) is 6.55. The van der Waals surface area contributed by atoms with Crippen LogP contribution in [0.2, 0.25) is 0 Å². The van der Waals surface area contributed by atoms with Crippen LogP contribution >= 0.6 is 11.3 Å². The van der Waals surface area contributed by atoms with E-state index in [0.717, 1.165) is 25.8 Å². The zero-order valence-corrected chi connectivity index (χ0v) is 15.4. The molecule has 2 aromatic rings. The number of hydrogen-bond donors (Lipinski definition) is 0. The van der Waals surface area contributed by atoms with Gasteiger partial charge in [0.15, 0.2) is 6.61 Å². The van der Waals surface area contributed by atoms with Crippen LogP contribution in [-0.2, 0) is 9.53 Å². The zero-order valence-electron chi connectivity index (χ0n) is 14.6. The van der Waals surface area contributed by atoms with Crippen molar-refractivity contribution >= 4 is 33.3 Å². The minimum Gasteiger partial charge on any atom is -0.451 e. The fourth-order valence-electron chi connectivity index (χ4n) is 4.34. The molecule has 4 rings (SSSR count). The highest BCUT2D eigenvalue weighted by molar-refractivity contribution is 7.20. The Balaban J connectivity index is 1.40. The van der Waals surface area contributed by atoms with E-state index >= 15 is 0 Å². The minimum absolute atomic E-state index is 0.109. The van der Waals surface area contributed by atoms with Gasteiger partial charge in [0.05, 0.1) is 0 Å². The van der Waals surface area contributed by atoms with Crippen LogP contribution in [0, 0.1) is 11.7 Å². The van der Waals surface area contributed by atoms with Crippen LogP contribution < -0.4 is 0 Å². The van der Waals surface area contributed by atoms with Crippen LogP contribution in [-0.4, -0.2) is 36.0 Å². The maximum atomic E-state index is 13.8. The summed E-state index contributed by atoms with van der Waals surface area (Å²) in [5.41, 5.74) is 0. The van der Waals surface area contributed by atoms with Crippen molar-refractivity contribution in [2.24, 2.45) is 5.92 Å². The van der Waals surface area contributed by atoms with Crippen LogP contribution in [0.3, 0.4) is 0 Å². The number of ether oxygens (including phenoxy) is 1. The zero-order chi connectivity index (χ0) is 18.1. The lowest BCUT2D eigenvalue weighted by molar-refractivity contribution is -0.140. The molecule has 4 nitrogen and oxygen atoms in total. The van der Waals surface area contributed by atoms with Gasteiger partial charge in [-0.25, -0.2) is 9.18 Å². The van der Waals surface area contributed by atoms with Crippen LogP contribution in [0.25, 0.3) is 10.1 Å². The Morgan fingerprint density at radius 1 is 1.19 bits per heavy atom. The second-order valence-electron chi connectivity index (χ2n) is 7.18. The maximum absolute atomic E-state index is 13.8. The number of benzene rings is 1. The molecule has 6 heteroatoms. The summed E-state index contributed by atoms with van der Waals surface area (Å²) in [6.45, 7) is 0.518. The van der Waals surface area contributed by atoms with E-state index in [1.165, 1.54) is 42.7 Å². The third-order valence-electron chi connectivity index (χ3n) is 5.60. The van der Waals surface area contributed by atoms with E-state index in [0.29, 0.717) is 26.9 Å². The third-order valence-corrected chi connectivity index (χ3v) is 6.68. The highest BCUT2D eigenvalue weighted by Gasteiger charge is 2.35. The second kappa shape index (κ2) is 7.35. The highest BCUT2D eigenvalue weighted by atomic mass is 32.1. The number of amides is 1. The van der Waals surface area contributed by atoms with Gasteiger partial charge in [0, 0.05) is 22.7 Å². The standard InChI is InChI=1S/C20H22FNO3S/c21-15-7-3-9-17-14(15)11-18(26-17)20(24)25-12-19(23)22-10-4-6-13-5-1-2-8-16(13)22/h3,7,9,11,13,16H,1-2,4-6,8,10,12H2/t13-,16-/m1/s1. The molecular weight excluding hydrogens is 353 g/mol. The van der Waals surface area contributed by atoms with Gasteiger partial charge in [0.25, 0.3) is 5.91 Å². The summed E-state index contributed by atoms with van der Waals surface area (Å²) in [5.74, 6) is -0.424. The summed E-state index contributed by atoms with van der Waals surface area (Å²) >= 11 is 1.19. The number of nitrogens with zero attached hydrogens (tertiary/aromatic N) is 1. The summed E-state index contributed by atoms with van der Waals surface area (Å²) in [6.07, 6.45) is 6.89. The molecule has 0 bridgehead atoms. The Hall–Kier alpha value is -1.95. The molecule has 2 aliphatic rings. The average Bonchev–Trinajstić information content (AvgIpc) is 3.11. The summed E-state index contributed by atoms with van der Waals surface area (Å²) in [5, 5.41) is 0.414. The SMILES string of the molecule is O=C(OCC(=O)N1CCC[C@H]2CCCC[C@H]21)c1cc2c(F)cccc2s1. The lowest BCUT2D eigenvalue weighted by Crippen LogP contribution is -2.50. The number of fused-ring (bicyclic) bond motifs is 2. The van der Waals surface area contributed by atoms with Gasteiger partial charge >= 0.3 is 5.97 Å². The molecule has 1 aliphatic carbocycles. The Kier molecular flexibility index (Phi) is 4.94. The number of esters is 1. The lowest BCUT2D eigenvalue weighted by Gasteiger charge is -2.44. The Morgan fingerprint density at radius 3 is 2.85 bits per heavy atom. The number of carbonyl (C=O) groups excluding carboxylic acids is 2. The monoisotopic (exact) mass is 375 g/mol. The molecule has 1 aromatic carbocycles. The molecule has 26 heavy (non-hydrogen) atoms. The van der Waals surface area contributed by atoms with E-state index in [2.05, 4.69) is 0 Å². The Morgan fingerprint density at radius 2 is 2.00 bits per heavy atom. The molecular formula is C20H22FNO3S. The summed E-state index contributed by atoms with van der Waals surface area (Å²) in [7, 11) is 0. The Labute approximate surface area is 155 Å².